The lowest BCUT2D eigenvalue weighted by atomic mass is 10.1. The maximum Gasteiger partial charge on any atom is 0.252 e. The minimum Gasteiger partial charge on any atom is -0.396 e. The predicted molar refractivity (Wildman–Crippen MR) is 82.1 cm³/mol. The lowest BCUT2D eigenvalue weighted by molar-refractivity contribution is -0.121. The minimum absolute atomic E-state index is 0.0203. The highest BCUT2D eigenvalue weighted by Gasteiger charge is 2.19. The van der Waals surface area contributed by atoms with Crippen LogP contribution >= 0.6 is 11.3 Å². The number of rotatable bonds is 7. The Morgan fingerprint density at radius 3 is 2.90 bits per heavy atom. The van der Waals surface area contributed by atoms with Crippen molar-refractivity contribution >= 4 is 23.2 Å². The summed E-state index contributed by atoms with van der Waals surface area (Å²) in [5.41, 5.74) is 0.663. The second-order valence-electron chi connectivity index (χ2n) is 5.11. The van der Waals surface area contributed by atoms with Gasteiger partial charge in [0, 0.05) is 42.5 Å². The summed E-state index contributed by atoms with van der Waals surface area (Å²) in [5, 5.41) is 18.4. The predicted octanol–water partition coefficient (Wildman–Crippen LogP) is 1.31. The molecule has 1 aromatic rings. The number of hydrogen-bond acceptors (Lipinski definition) is 4. The summed E-state index contributed by atoms with van der Waals surface area (Å²) in [7, 11) is 0. The second kappa shape index (κ2) is 7.95. The van der Waals surface area contributed by atoms with Crippen LogP contribution in [0.4, 0.5) is 0 Å². The van der Waals surface area contributed by atoms with Crippen molar-refractivity contribution in [3.05, 3.63) is 34.5 Å². The SMILES string of the molecule is O=C(CCCNC(=O)c1ccsc1)N[C@@H]1C=C[C@H](CO)C1. The highest BCUT2D eigenvalue weighted by atomic mass is 32.1. The molecule has 0 aliphatic heterocycles. The van der Waals surface area contributed by atoms with Gasteiger partial charge in [0.2, 0.25) is 5.91 Å². The normalized spacial score (nSPS) is 20.4. The molecule has 0 aromatic carbocycles. The van der Waals surface area contributed by atoms with Gasteiger partial charge in [-0.1, -0.05) is 12.2 Å². The summed E-state index contributed by atoms with van der Waals surface area (Å²) in [4.78, 5) is 23.4. The first-order chi connectivity index (χ1) is 10.2. The number of aliphatic hydroxyl groups excluding tert-OH is 1. The van der Waals surface area contributed by atoms with E-state index in [0.29, 0.717) is 24.9 Å². The monoisotopic (exact) mass is 308 g/mol. The summed E-state index contributed by atoms with van der Waals surface area (Å²) < 4.78 is 0. The number of thiophene rings is 1. The van der Waals surface area contributed by atoms with Crippen LogP contribution < -0.4 is 10.6 Å². The van der Waals surface area contributed by atoms with E-state index < -0.39 is 0 Å². The summed E-state index contributed by atoms with van der Waals surface area (Å²) in [6.45, 7) is 0.610. The van der Waals surface area contributed by atoms with Gasteiger partial charge in [0.1, 0.15) is 0 Å². The van der Waals surface area contributed by atoms with E-state index >= 15 is 0 Å². The standard InChI is InChI=1S/C15H20N2O3S/c18-9-11-3-4-13(8-11)17-14(19)2-1-6-16-15(20)12-5-7-21-10-12/h3-5,7,10-11,13,18H,1-2,6,8-9H2,(H,16,20)(H,17,19)/t11-,13+/m0/s1. The average Bonchev–Trinajstić information content (AvgIpc) is 3.14. The third-order valence-electron chi connectivity index (χ3n) is 3.40. The van der Waals surface area contributed by atoms with Crippen molar-refractivity contribution < 1.29 is 14.7 Å². The molecule has 0 radical (unpaired) electrons. The fourth-order valence-corrected chi connectivity index (χ4v) is 2.88. The Hall–Kier alpha value is -1.66. The van der Waals surface area contributed by atoms with E-state index in [1.807, 2.05) is 17.5 Å². The molecule has 21 heavy (non-hydrogen) atoms. The number of aliphatic hydroxyl groups is 1. The van der Waals surface area contributed by atoms with Crippen LogP contribution in [0.3, 0.4) is 0 Å². The maximum atomic E-state index is 11.7. The van der Waals surface area contributed by atoms with Crippen molar-refractivity contribution in [1.82, 2.24) is 10.6 Å². The van der Waals surface area contributed by atoms with Gasteiger partial charge in [-0.2, -0.15) is 11.3 Å². The van der Waals surface area contributed by atoms with E-state index in [1.54, 1.807) is 11.4 Å². The van der Waals surface area contributed by atoms with Crippen LogP contribution in [0, 0.1) is 5.92 Å². The Kier molecular flexibility index (Phi) is 5.95. The number of hydrogen-bond donors (Lipinski definition) is 3. The molecule has 0 fully saturated rings. The molecule has 0 spiro atoms. The molecule has 6 heteroatoms. The van der Waals surface area contributed by atoms with Gasteiger partial charge < -0.3 is 15.7 Å². The molecule has 1 heterocycles. The van der Waals surface area contributed by atoms with Crippen molar-refractivity contribution in [2.75, 3.05) is 13.2 Å². The molecule has 2 amide bonds. The van der Waals surface area contributed by atoms with Gasteiger partial charge in [-0.15, -0.1) is 0 Å². The molecule has 3 N–H and O–H groups in total. The highest BCUT2D eigenvalue weighted by molar-refractivity contribution is 7.08. The van der Waals surface area contributed by atoms with Gasteiger partial charge in [-0.25, -0.2) is 0 Å². The summed E-state index contributed by atoms with van der Waals surface area (Å²) in [5.74, 6) is 0.0365. The topological polar surface area (TPSA) is 78.4 Å². The minimum atomic E-state index is -0.0961. The highest BCUT2D eigenvalue weighted by Crippen LogP contribution is 2.17. The lowest BCUT2D eigenvalue weighted by Crippen LogP contribution is -2.33. The zero-order chi connectivity index (χ0) is 15.1. The van der Waals surface area contributed by atoms with E-state index in [2.05, 4.69) is 10.6 Å². The van der Waals surface area contributed by atoms with Crippen LogP contribution in [0.15, 0.2) is 29.0 Å². The van der Waals surface area contributed by atoms with Gasteiger partial charge in [0.05, 0.1) is 0 Å². The fraction of sp³-hybridized carbons (Fsp3) is 0.467. The quantitative estimate of drug-likeness (QED) is 0.525. The van der Waals surface area contributed by atoms with Crippen LogP contribution in [-0.2, 0) is 4.79 Å². The molecule has 0 saturated carbocycles. The molecular weight excluding hydrogens is 288 g/mol. The van der Waals surface area contributed by atoms with Crippen molar-refractivity contribution in [3.63, 3.8) is 0 Å². The van der Waals surface area contributed by atoms with Gasteiger partial charge in [-0.05, 0) is 24.3 Å². The summed E-state index contributed by atoms with van der Waals surface area (Å²) in [6.07, 6.45) is 5.62. The third kappa shape index (κ3) is 4.99. The Bertz CT molecular complexity index is 499. The maximum absolute atomic E-state index is 11.7. The lowest BCUT2D eigenvalue weighted by Gasteiger charge is -2.12. The first kappa shape index (κ1) is 15.7. The van der Waals surface area contributed by atoms with E-state index in [0.717, 1.165) is 6.42 Å². The van der Waals surface area contributed by atoms with Gasteiger partial charge in [-0.3, -0.25) is 9.59 Å². The molecule has 1 aliphatic carbocycles. The van der Waals surface area contributed by atoms with Gasteiger partial charge in [0.25, 0.3) is 5.91 Å². The molecule has 1 aromatic heterocycles. The first-order valence-corrected chi connectivity index (χ1v) is 8.02. The molecule has 1 aliphatic rings. The largest absolute Gasteiger partial charge is 0.396 e. The third-order valence-corrected chi connectivity index (χ3v) is 4.09. The van der Waals surface area contributed by atoms with E-state index in [1.165, 1.54) is 11.3 Å². The second-order valence-corrected chi connectivity index (χ2v) is 5.89. The molecule has 114 valence electrons. The van der Waals surface area contributed by atoms with Crippen molar-refractivity contribution in [2.24, 2.45) is 5.92 Å². The number of amides is 2. The number of nitrogens with one attached hydrogen (secondary N) is 2. The number of carbonyl (C=O) groups excluding carboxylic acids is 2. The van der Waals surface area contributed by atoms with Crippen LogP contribution in [0.1, 0.15) is 29.6 Å². The Morgan fingerprint density at radius 1 is 1.38 bits per heavy atom. The van der Waals surface area contributed by atoms with Crippen LogP contribution in [0.2, 0.25) is 0 Å². The van der Waals surface area contributed by atoms with Crippen molar-refractivity contribution in [1.29, 1.82) is 0 Å². The molecule has 0 bridgehead atoms. The Labute approximate surface area is 128 Å². The molecular formula is C15H20N2O3S. The van der Waals surface area contributed by atoms with E-state index in [9.17, 15) is 9.59 Å². The number of carbonyl (C=O) groups is 2. The van der Waals surface area contributed by atoms with Crippen LogP contribution in [0.25, 0.3) is 0 Å². The zero-order valence-corrected chi connectivity index (χ0v) is 12.6. The average molecular weight is 308 g/mol. The summed E-state index contributed by atoms with van der Waals surface area (Å²) in [6, 6.07) is 1.80. The van der Waals surface area contributed by atoms with Gasteiger partial charge in [0.15, 0.2) is 0 Å². The zero-order valence-electron chi connectivity index (χ0n) is 11.7. The van der Waals surface area contributed by atoms with Crippen LogP contribution in [-0.4, -0.2) is 36.1 Å². The first-order valence-electron chi connectivity index (χ1n) is 7.08. The van der Waals surface area contributed by atoms with E-state index in [-0.39, 0.29) is 30.4 Å². The van der Waals surface area contributed by atoms with E-state index in [4.69, 9.17) is 5.11 Å². The molecule has 5 nitrogen and oxygen atoms in total. The smallest absolute Gasteiger partial charge is 0.252 e. The van der Waals surface area contributed by atoms with Crippen molar-refractivity contribution in [3.8, 4) is 0 Å². The van der Waals surface area contributed by atoms with Crippen LogP contribution in [0.5, 0.6) is 0 Å². The van der Waals surface area contributed by atoms with Gasteiger partial charge >= 0.3 is 0 Å². The Morgan fingerprint density at radius 2 is 2.24 bits per heavy atom. The molecule has 2 rings (SSSR count). The van der Waals surface area contributed by atoms with Crippen molar-refractivity contribution in [2.45, 2.75) is 25.3 Å². The summed E-state index contributed by atoms with van der Waals surface area (Å²) >= 11 is 1.48. The Balaban J connectivity index is 1.57. The fourth-order valence-electron chi connectivity index (χ4n) is 2.24. The molecule has 0 unspecified atom stereocenters. The molecule has 2 atom stereocenters. The molecule has 0 saturated heterocycles.